The van der Waals surface area contributed by atoms with Crippen molar-refractivity contribution >= 4 is 22.5 Å². The molecule has 1 aliphatic rings. The molecule has 2 N–H and O–H groups in total. The summed E-state index contributed by atoms with van der Waals surface area (Å²) in [7, 11) is 0. The molecular weight excluding hydrogens is 274 g/mol. The van der Waals surface area contributed by atoms with Gasteiger partial charge in [0.1, 0.15) is 0 Å². The van der Waals surface area contributed by atoms with Gasteiger partial charge in [0, 0.05) is 16.6 Å². The standard InChI is InChI=1S/C18H23N3O/c1-18(2,3)19-11-16(22)21-17-12-7-4-5-9-14(12)20-15-10-6-8-13(15)17/h4-5,7,9,19H,6,8,10-11H2,1-3H3,(H,20,21,22). The highest BCUT2D eigenvalue weighted by atomic mass is 16.1. The molecule has 1 aliphatic carbocycles. The molecule has 0 aliphatic heterocycles. The number of hydrogen-bond acceptors (Lipinski definition) is 3. The number of aryl methyl sites for hydroxylation is 1. The Morgan fingerprint density at radius 3 is 2.77 bits per heavy atom. The average molecular weight is 297 g/mol. The number of para-hydroxylation sites is 1. The number of pyridine rings is 1. The van der Waals surface area contributed by atoms with E-state index in [1.54, 1.807) is 0 Å². The van der Waals surface area contributed by atoms with Crippen LogP contribution in [-0.4, -0.2) is 23.0 Å². The van der Waals surface area contributed by atoms with Crippen molar-refractivity contribution in [1.82, 2.24) is 10.3 Å². The number of aromatic nitrogens is 1. The lowest BCUT2D eigenvalue weighted by Gasteiger charge is -2.20. The number of rotatable bonds is 3. The predicted molar refractivity (Wildman–Crippen MR) is 90.2 cm³/mol. The molecule has 2 aromatic rings. The van der Waals surface area contributed by atoms with E-state index in [4.69, 9.17) is 4.98 Å². The first-order chi connectivity index (χ1) is 10.4. The summed E-state index contributed by atoms with van der Waals surface area (Å²) >= 11 is 0. The SMILES string of the molecule is CC(C)(C)NCC(=O)Nc1c2c(nc3ccccc13)CCC2. The van der Waals surface area contributed by atoms with Gasteiger partial charge in [-0.05, 0) is 51.7 Å². The number of amides is 1. The minimum Gasteiger partial charge on any atom is -0.324 e. The van der Waals surface area contributed by atoms with Crippen molar-refractivity contribution < 1.29 is 4.79 Å². The third kappa shape index (κ3) is 3.12. The number of anilines is 1. The lowest BCUT2D eigenvalue weighted by atomic mass is 10.1. The molecule has 4 nitrogen and oxygen atoms in total. The minimum absolute atomic E-state index is 0.000350. The monoisotopic (exact) mass is 297 g/mol. The van der Waals surface area contributed by atoms with Crippen LogP contribution in [0.1, 0.15) is 38.4 Å². The Kier molecular flexibility index (Phi) is 3.87. The van der Waals surface area contributed by atoms with Gasteiger partial charge in [-0.2, -0.15) is 0 Å². The zero-order valence-electron chi connectivity index (χ0n) is 13.5. The van der Waals surface area contributed by atoms with Crippen LogP contribution in [0.5, 0.6) is 0 Å². The zero-order chi connectivity index (χ0) is 15.7. The molecule has 0 atom stereocenters. The molecule has 0 spiro atoms. The van der Waals surface area contributed by atoms with Crippen molar-refractivity contribution in [2.24, 2.45) is 0 Å². The van der Waals surface area contributed by atoms with E-state index in [0.717, 1.165) is 41.5 Å². The number of carbonyl (C=O) groups excluding carboxylic acids is 1. The van der Waals surface area contributed by atoms with Gasteiger partial charge < -0.3 is 10.6 Å². The van der Waals surface area contributed by atoms with Gasteiger partial charge >= 0.3 is 0 Å². The molecule has 0 saturated heterocycles. The maximum Gasteiger partial charge on any atom is 0.238 e. The zero-order valence-corrected chi connectivity index (χ0v) is 13.5. The van der Waals surface area contributed by atoms with Crippen LogP contribution >= 0.6 is 0 Å². The molecule has 0 radical (unpaired) electrons. The highest BCUT2D eigenvalue weighted by Crippen LogP contribution is 2.33. The second-order valence-corrected chi connectivity index (χ2v) is 6.93. The van der Waals surface area contributed by atoms with Crippen LogP contribution in [0.15, 0.2) is 24.3 Å². The molecule has 0 saturated carbocycles. The quantitative estimate of drug-likeness (QED) is 0.915. The highest BCUT2D eigenvalue weighted by Gasteiger charge is 2.21. The molecule has 1 aromatic heterocycles. The van der Waals surface area contributed by atoms with E-state index in [9.17, 15) is 4.79 Å². The lowest BCUT2D eigenvalue weighted by Crippen LogP contribution is -2.41. The normalized spacial score (nSPS) is 14.1. The fourth-order valence-corrected chi connectivity index (χ4v) is 2.88. The van der Waals surface area contributed by atoms with E-state index < -0.39 is 0 Å². The third-order valence-corrected chi connectivity index (χ3v) is 3.96. The van der Waals surface area contributed by atoms with Crippen LogP contribution in [0.25, 0.3) is 10.9 Å². The van der Waals surface area contributed by atoms with Crippen molar-refractivity contribution in [3.8, 4) is 0 Å². The Balaban J connectivity index is 1.91. The van der Waals surface area contributed by atoms with Crippen LogP contribution in [0.4, 0.5) is 5.69 Å². The maximum absolute atomic E-state index is 12.3. The second-order valence-electron chi connectivity index (χ2n) is 6.93. The van der Waals surface area contributed by atoms with Gasteiger partial charge in [0.15, 0.2) is 0 Å². The Morgan fingerprint density at radius 2 is 2.00 bits per heavy atom. The summed E-state index contributed by atoms with van der Waals surface area (Å²) in [6.45, 7) is 6.48. The summed E-state index contributed by atoms with van der Waals surface area (Å²) in [5, 5.41) is 7.38. The number of carbonyl (C=O) groups is 1. The molecule has 1 aromatic carbocycles. The largest absolute Gasteiger partial charge is 0.324 e. The number of hydrogen-bond donors (Lipinski definition) is 2. The Hall–Kier alpha value is -1.94. The molecular formula is C18H23N3O. The van der Waals surface area contributed by atoms with E-state index >= 15 is 0 Å². The van der Waals surface area contributed by atoms with E-state index in [0.29, 0.717) is 6.54 Å². The molecule has 1 heterocycles. The predicted octanol–water partition coefficient (Wildman–Crippen LogP) is 3.05. The molecule has 0 unspecified atom stereocenters. The number of benzene rings is 1. The Bertz CT molecular complexity index is 716. The first-order valence-corrected chi connectivity index (χ1v) is 7.89. The fraction of sp³-hybridized carbons (Fsp3) is 0.444. The van der Waals surface area contributed by atoms with Crippen LogP contribution in [0.2, 0.25) is 0 Å². The Labute approximate surface area is 131 Å². The summed E-state index contributed by atoms with van der Waals surface area (Å²) in [4.78, 5) is 17.1. The van der Waals surface area contributed by atoms with E-state index in [2.05, 4.69) is 31.4 Å². The van der Waals surface area contributed by atoms with Crippen LogP contribution < -0.4 is 10.6 Å². The molecule has 0 fully saturated rings. The summed E-state index contributed by atoms with van der Waals surface area (Å²) in [5.74, 6) is 0.000350. The van der Waals surface area contributed by atoms with Crippen LogP contribution in [0.3, 0.4) is 0 Å². The second kappa shape index (κ2) is 5.69. The van der Waals surface area contributed by atoms with Gasteiger partial charge in [-0.15, -0.1) is 0 Å². The van der Waals surface area contributed by atoms with Crippen molar-refractivity contribution in [1.29, 1.82) is 0 Å². The highest BCUT2D eigenvalue weighted by molar-refractivity contribution is 6.03. The van der Waals surface area contributed by atoms with Gasteiger partial charge in [-0.25, -0.2) is 0 Å². The van der Waals surface area contributed by atoms with Crippen molar-refractivity contribution in [2.45, 2.75) is 45.6 Å². The lowest BCUT2D eigenvalue weighted by molar-refractivity contribution is -0.115. The van der Waals surface area contributed by atoms with Crippen LogP contribution in [0, 0.1) is 0 Å². The van der Waals surface area contributed by atoms with Gasteiger partial charge in [-0.3, -0.25) is 9.78 Å². The summed E-state index contributed by atoms with van der Waals surface area (Å²) < 4.78 is 0. The van der Waals surface area contributed by atoms with Gasteiger partial charge in [0.25, 0.3) is 0 Å². The molecule has 22 heavy (non-hydrogen) atoms. The van der Waals surface area contributed by atoms with Crippen molar-refractivity contribution in [2.75, 3.05) is 11.9 Å². The van der Waals surface area contributed by atoms with Gasteiger partial charge in [-0.1, -0.05) is 18.2 Å². The molecule has 1 amide bonds. The fourth-order valence-electron chi connectivity index (χ4n) is 2.88. The molecule has 0 bridgehead atoms. The number of nitrogens with zero attached hydrogens (tertiary/aromatic N) is 1. The summed E-state index contributed by atoms with van der Waals surface area (Å²) in [5.41, 5.74) is 4.20. The van der Waals surface area contributed by atoms with Crippen LogP contribution in [-0.2, 0) is 17.6 Å². The maximum atomic E-state index is 12.3. The molecule has 3 rings (SSSR count). The summed E-state index contributed by atoms with van der Waals surface area (Å²) in [6.07, 6.45) is 3.11. The molecule has 4 heteroatoms. The van der Waals surface area contributed by atoms with Crippen molar-refractivity contribution in [3.63, 3.8) is 0 Å². The first-order valence-electron chi connectivity index (χ1n) is 7.89. The Morgan fingerprint density at radius 1 is 1.23 bits per heavy atom. The van der Waals surface area contributed by atoms with Gasteiger partial charge in [0.05, 0.1) is 17.7 Å². The number of fused-ring (bicyclic) bond motifs is 2. The van der Waals surface area contributed by atoms with E-state index in [1.807, 2.05) is 24.3 Å². The first kappa shape index (κ1) is 15.0. The summed E-state index contributed by atoms with van der Waals surface area (Å²) in [6, 6.07) is 8.03. The average Bonchev–Trinajstić information content (AvgIpc) is 2.92. The van der Waals surface area contributed by atoms with E-state index in [-0.39, 0.29) is 11.4 Å². The van der Waals surface area contributed by atoms with Crippen molar-refractivity contribution in [3.05, 3.63) is 35.5 Å². The van der Waals surface area contributed by atoms with E-state index in [1.165, 1.54) is 5.56 Å². The van der Waals surface area contributed by atoms with Gasteiger partial charge in [0.2, 0.25) is 5.91 Å². The minimum atomic E-state index is -0.0698. The topological polar surface area (TPSA) is 54.0 Å². The smallest absolute Gasteiger partial charge is 0.238 e. The third-order valence-electron chi connectivity index (χ3n) is 3.96. The molecule has 116 valence electrons. The number of nitrogens with one attached hydrogen (secondary N) is 2.